The highest BCUT2D eigenvalue weighted by molar-refractivity contribution is 5.60. The molecule has 0 saturated carbocycles. The molecule has 0 N–H and O–H groups in total. The molecule has 3 heteroatoms. The summed E-state index contributed by atoms with van der Waals surface area (Å²) in [6, 6.07) is 16.2. The summed E-state index contributed by atoms with van der Waals surface area (Å²) in [4.78, 5) is 4.51. The van der Waals surface area contributed by atoms with Crippen LogP contribution in [-0.4, -0.2) is 14.8 Å². The minimum Gasteiger partial charge on any atom is -0.253 e. The average molecular weight is 235 g/mol. The second-order valence-corrected chi connectivity index (χ2v) is 4.16. The molecule has 0 fully saturated rings. The van der Waals surface area contributed by atoms with Crippen LogP contribution in [0.1, 0.15) is 5.69 Å². The van der Waals surface area contributed by atoms with Crippen LogP contribution >= 0.6 is 0 Å². The van der Waals surface area contributed by atoms with E-state index >= 15 is 0 Å². The van der Waals surface area contributed by atoms with Gasteiger partial charge in [0.2, 0.25) is 0 Å². The molecule has 0 bridgehead atoms. The number of aryl methyl sites for hydroxylation is 1. The Kier molecular flexibility index (Phi) is 2.65. The summed E-state index contributed by atoms with van der Waals surface area (Å²) in [6.45, 7) is 2.00. The number of pyridine rings is 1. The van der Waals surface area contributed by atoms with Crippen LogP contribution in [0.15, 0.2) is 60.9 Å². The lowest BCUT2D eigenvalue weighted by Crippen LogP contribution is -1.93. The van der Waals surface area contributed by atoms with Gasteiger partial charge in [-0.05, 0) is 37.3 Å². The Hall–Kier alpha value is -2.42. The first-order chi connectivity index (χ1) is 8.83. The summed E-state index contributed by atoms with van der Waals surface area (Å²) in [7, 11) is 0. The second-order valence-electron chi connectivity index (χ2n) is 4.16. The van der Waals surface area contributed by atoms with Crippen molar-refractivity contribution in [2.45, 2.75) is 6.92 Å². The van der Waals surface area contributed by atoms with Gasteiger partial charge in [0.1, 0.15) is 0 Å². The molecule has 3 aromatic rings. The van der Waals surface area contributed by atoms with Crippen LogP contribution in [-0.2, 0) is 0 Å². The molecule has 0 aliphatic rings. The van der Waals surface area contributed by atoms with E-state index in [0.717, 1.165) is 22.6 Å². The van der Waals surface area contributed by atoms with E-state index in [-0.39, 0.29) is 0 Å². The number of nitrogens with zero attached hydrogens (tertiary/aromatic N) is 3. The second kappa shape index (κ2) is 4.45. The molecular formula is C15H13N3. The van der Waals surface area contributed by atoms with Gasteiger partial charge in [0.25, 0.3) is 0 Å². The molecule has 3 rings (SSSR count). The fraction of sp³-hybridized carbons (Fsp3) is 0.0667. The molecule has 0 saturated heterocycles. The molecule has 0 aliphatic carbocycles. The zero-order valence-electron chi connectivity index (χ0n) is 10.1. The van der Waals surface area contributed by atoms with Crippen molar-refractivity contribution < 1.29 is 0 Å². The topological polar surface area (TPSA) is 30.7 Å². The van der Waals surface area contributed by atoms with E-state index in [2.05, 4.69) is 22.2 Å². The smallest absolute Gasteiger partial charge is 0.0705 e. The fourth-order valence-electron chi connectivity index (χ4n) is 1.91. The largest absolute Gasteiger partial charge is 0.253 e. The van der Waals surface area contributed by atoms with E-state index in [1.54, 1.807) is 6.20 Å². The highest BCUT2D eigenvalue weighted by Gasteiger charge is 2.00. The van der Waals surface area contributed by atoms with Crippen molar-refractivity contribution in [3.63, 3.8) is 0 Å². The molecular weight excluding hydrogens is 222 g/mol. The van der Waals surface area contributed by atoms with Crippen LogP contribution in [0.25, 0.3) is 16.9 Å². The van der Waals surface area contributed by atoms with E-state index in [4.69, 9.17) is 0 Å². The minimum atomic E-state index is 1.00. The maximum absolute atomic E-state index is 4.51. The van der Waals surface area contributed by atoms with Gasteiger partial charge in [0.15, 0.2) is 0 Å². The fourth-order valence-corrected chi connectivity index (χ4v) is 1.91. The van der Waals surface area contributed by atoms with E-state index in [1.165, 1.54) is 0 Å². The number of hydrogen-bond donors (Lipinski definition) is 0. The normalized spacial score (nSPS) is 10.5. The Morgan fingerprint density at radius 1 is 0.944 bits per heavy atom. The molecule has 18 heavy (non-hydrogen) atoms. The van der Waals surface area contributed by atoms with E-state index in [9.17, 15) is 0 Å². The first-order valence-corrected chi connectivity index (χ1v) is 5.87. The molecule has 88 valence electrons. The van der Waals surface area contributed by atoms with Gasteiger partial charge in [-0.3, -0.25) is 4.98 Å². The third-order valence-electron chi connectivity index (χ3n) is 2.82. The van der Waals surface area contributed by atoms with Gasteiger partial charge in [0, 0.05) is 23.7 Å². The zero-order valence-corrected chi connectivity index (χ0v) is 10.1. The van der Waals surface area contributed by atoms with Gasteiger partial charge in [-0.15, -0.1) is 0 Å². The highest BCUT2D eigenvalue weighted by Crippen LogP contribution is 2.19. The van der Waals surface area contributed by atoms with Gasteiger partial charge >= 0.3 is 0 Å². The maximum atomic E-state index is 4.51. The van der Waals surface area contributed by atoms with E-state index < -0.39 is 0 Å². The number of aromatic nitrogens is 3. The van der Waals surface area contributed by atoms with Crippen LogP contribution < -0.4 is 0 Å². The van der Waals surface area contributed by atoms with Crippen LogP contribution in [0.5, 0.6) is 0 Å². The van der Waals surface area contributed by atoms with Crippen LogP contribution in [0.2, 0.25) is 0 Å². The molecule has 0 spiro atoms. The molecule has 0 radical (unpaired) electrons. The highest BCUT2D eigenvalue weighted by atomic mass is 15.3. The molecule has 0 amide bonds. The molecule has 0 atom stereocenters. The summed E-state index contributed by atoms with van der Waals surface area (Å²) in [5.41, 5.74) is 4.21. The van der Waals surface area contributed by atoms with Crippen molar-refractivity contribution in [1.82, 2.24) is 14.8 Å². The van der Waals surface area contributed by atoms with Crippen molar-refractivity contribution in [2.75, 3.05) is 0 Å². The summed E-state index contributed by atoms with van der Waals surface area (Å²) >= 11 is 0. The first-order valence-electron chi connectivity index (χ1n) is 5.87. The summed E-state index contributed by atoms with van der Waals surface area (Å²) in [5.74, 6) is 0. The van der Waals surface area contributed by atoms with Crippen molar-refractivity contribution in [2.24, 2.45) is 0 Å². The third kappa shape index (κ3) is 2.02. The van der Waals surface area contributed by atoms with E-state index in [1.807, 2.05) is 54.2 Å². The van der Waals surface area contributed by atoms with Crippen LogP contribution in [0, 0.1) is 6.92 Å². The van der Waals surface area contributed by atoms with Crippen LogP contribution in [0.3, 0.4) is 0 Å². The minimum absolute atomic E-state index is 1.00. The SMILES string of the molecule is Cc1cccc(-c2ccc(-n3cccn3)cc2)n1. The standard InChI is InChI=1S/C15H13N3/c1-12-4-2-5-15(17-12)13-6-8-14(9-7-13)18-11-3-10-16-18/h2-11H,1H3. The Bertz CT molecular complexity index is 640. The van der Waals surface area contributed by atoms with Crippen molar-refractivity contribution in [3.8, 4) is 16.9 Å². The van der Waals surface area contributed by atoms with Crippen molar-refractivity contribution in [1.29, 1.82) is 0 Å². The lowest BCUT2D eigenvalue weighted by molar-refractivity contribution is 0.881. The Labute approximate surface area is 106 Å². The lowest BCUT2D eigenvalue weighted by atomic mass is 10.1. The zero-order chi connectivity index (χ0) is 12.4. The molecule has 3 nitrogen and oxygen atoms in total. The molecule has 2 aromatic heterocycles. The summed E-state index contributed by atoms with van der Waals surface area (Å²) < 4.78 is 1.84. The quantitative estimate of drug-likeness (QED) is 0.682. The van der Waals surface area contributed by atoms with Crippen molar-refractivity contribution in [3.05, 3.63) is 66.6 Å². The molecule has 1 aromatic carbocycles. The van der Waals surface area contributed by atoms with Gasteiger partial charge in [-0.1, -0.05) is 18.2 Å². The number of hydrogen-bond acceptors (Lipinski definition) is 2. The lowest BCUT2D eigenvalue weighted by Gasteiger charge is -2.04. The van der Waals surface area contributed by atoms with Crippen molar-refractivity contribution >= 4 is 0 Å². The average Bonchev–Trinajstić information content (AvgIpc) is 2.93. The number of rotatable bonds is 2. The third-order valence-corrected chi connectivity index (χ3v) is 2.82. The van der Waals surface area contributed by atoms with Gasteiger partial charge in [-0.25, -0.2) is 4.68 Å². The van der Waals surface area contributed by atoms with Crippen LogP contribution in [0.4, 0.5) is 0 Å². The Balaban J connectivity index is 1.96. The van der Waals surface area contributed by atoms with E-state index in [0.29, 0.717) is 0 Å². The molecule has 0 aliphatic heterocycles. The predicted molar refractivity (Wildman–Crippen MR) is 71.5 cm³/mol. The maximum Gasteiger partial charge on any atom is 0.0705 e. The summed E-state index contributed by atoms with van der Waals surface area (Å²) in [5, 5.41) is 4.20. The van der Waals surface area contributed by atoms with Gasteiger partial charge in [0.05, 0.1) is 11.4 Å². The first kappa shape index (κ1) is 10.7. The Morgan fingerprint density at radius 2 is 1.78 bits per heavy atom. The van der Waals surface area contributed by atoms with Gasteiger partial charge < -0.3 is 0 Å². The summed E-state index contributed by atoms with van der Waals surface area (Å²) in [6.07, 6.45) is 3.70. The Morgan fingerprint density at radius 3 is 2.44 bits per heavy atom. The molecule has 2 heterocycles. The molecule has 0 unspecified atom stereocenters. The number of benzene rings is 1. The van der Waals surface area contributed by atoms with Gasteiger partial charge in [-0.2, -0.15) is 5.10 Å². The predicted octanol–water partition coefficient (Wildman–Crippen LogP) is 3.24. The monoisotopic (exact) mass is 235 g/mol.